The lowest BCUT2D eigenvalue weighted by molar-refractivity contribution is 0.00736. The topological polar surface area (TPSA) is 101 Å². The van der Waals surface area contributed by atoms with Crippen molar-refractivity contribution in [1.82, 2.24) is 9.29 Å². The lowest BCUT2D eigenvalue weighted by Gasteiger charge is -2.30. The molecule has 1 aromatic carbocycles. The fourth-order valence-electron chi connectivity index (χ4n) is 3.90. The number of ether oxygens (including phenoxy) is 1. The highest BCUT2D eigenvalue weighted by Gasteiger charge is 2.24. The van der Waals surface area contributed by atoms with E-state index >= 15 is 0 Å². The summed E-state index contributed by atoms with van der Waals surface area (Å²) in [7, 11) is -3.42. The molecule has 2 aromatic rings. The first-order valence-corrected chi connectivity index (χ1v) is 12.0. The van der Waals surface area contributed by atoms with Crippen LogP contribution < -0.4 is 10.3 Å². The Hall–Kier alpha value is -2.47. The van der Waals surface area contributed by atoms with Crippen LogP contribution in [0.15, 0.2) is 53.5 Å². The second-order valence-corrected chi connectivity index (χ2v) is 9.57. The maximum atomic E-state index is 12.5. The fraction of sp³-hybridized carbons (Fsp3) is 0.455. The highest BCUT2D eigenvalue weighted by molar-refractivity contribution is 7.88. The average Bonchev–Trinajstić information content (AvgIpc) is 2.75. The van der Waals surface area contributed by atoms with E-state index in [9.17, 15) is 13.2 Å². The fourth-order valence-corrected chi connectivity index (χ4v) is 4.40. The van der Waals surface area contributed by atoms with Crippen LogP contribution in [0, 0.1) is 11.3 Å². The van der Waals surface area contributed by atoms with Gasteiger partial charge in [-0.05, 0) is 49.3 Å². The largest absolute Gasteiger partial charge is 0.376 e. The summed E-state index contributed by atoms with van der Waals surface area (Å²) in [6.45, 7) is 0.213. The van der Waals surface area contributed by atoms with Crippen LogP contribution in [0.1, 0.15) is 48.8 Å². The van der Waals surface area contributed by atoms with Crippen molar-refractivity contribution in [3.8, 4) is 6.07 Å². The van der Waals surface area contributed by atoms with Gasteiger partial charge in [0.05, 0.1) is 25.0 Å². The molecule has 0 radical (unpaired) electrons. The van der Waals surface area contributed by atoms with E-state index in [1.165, 1.54) is 16.2 Å². The zero-order valence-corrected chi connectivity index (χ0v) is 17.8. The third-order valence-electron chi connectivity index (χ3n) is 5.54. The Morgan fingerprint density at radius 2 is 1.87 bits per heavy atom. The Bertz CT molecular complexity index is 1040. The molecule has 8 heteroatoms. The lowest BCUT2D eigenvalue weighted by atomic mass is 9.83. The molecule has 0 amide bonds. The molecule has 0 spiro atoms. The van der Waals surface area contributed by atoms with Gasteiger partial charge < -0.3 is 9.30 Å². The van der Waals surface area contributed by atoms with Crippen molar-refractivity contribution in [2.45, 2.75) is 43.7 Å². The van der Waals surface area contributed by atoms with Gasteiger partial charge in [0.25, 0.3) is 5.56 Å². The van der Waals surface area contributed by atoms with Crippen molar-refractivity contribution in [3.05, 3.63) is 70.1 Å². The number of sulfonamides is 1. The van der Waals surface area contributed by atoms with Crippen molar-refractivity contribution in [3.63, 3.8) is 0 Å². The lowest BCUT2D eigenvalue weighted by Crippen LogP contribution is -2.38. The SMILES string of the molecule is CS(=O)(=O)NCC(CO[C@H]1CC[C@@H](c2ccccc2)CC1)n1cccc(C#N)c1=O. The Morgan fingerprint density at radius 1 is 1.17 bits per heavy atom. The second kappa shape index (κ2) is 10.0. The van der Waals surface area contributed by atoms with Gasteiger partial charge in [-0.3, -0.25) is 4.79 Å². The van der Waals surface area contributed by atoms with Gasteiger partial charge in [-0.25, -0.2) is 13.1 Å². The number of aromatic nitrogens is 1. The maximum Gasteiger partial charge on any atom is 0.268 e. The van der Waals surface area contributed by atoms with Crippen molar-refractivity contribution in [1.29, 1.82) is 5.26 Å². The number of nitrogens with one attached hydrogen (secondary N) is 1. The molecule has 160 valence electrons. The van der Waals surface area contributed by atoms with Crippen molar-refractivity contribution in [2.75, 3.05) is 19.4 Å². The third kappa shape index (κ3) is 6.02. The van der Waals surface area contributed by atoms with E-state index in [4.69, 9.17) is 10.00 Å². The van der Waals surface area contributed by atoms with Crippen LogP contribution in [0.4, 0.5) is 0 Å². The molecule has 1 aliphatic carbocycles. The molecule has 1 saturated carbocycles. The molecule has 1 aromatic heterocycles. The Labute approximate surface area is 177 Å². The van der Waals surface area contributed by atoms with Crippen molar-refractivity contribution in [2.24, 2.45) is 0 Å². The van der Waals surface area contributed by atoms with Crippen LogP contribution in [0.25, 0.3) is 0 Å². The van der Waals surface area contributed by atoms with E-state index < -0.39 is 21.6 Å². The molecule has 0 saturated heterocycles. The van der Waals surface area contributed by atoms with Gasteiger partial charge >= 0.3 is 0 Å². The van der Waals surface area contributed by atoms with E-state index in [-0.39, 0.29) is 24.8 Å². The van der Waals surface area contributed by atoms with E-state index in [1.807, 2.05) is 12.1 Å². The van der Waals surface area contributed by atoms with E-state index in [0.29, 0.717) is 5.92 Å². The highest BCUT2D eigenvalue weighted by atomic mass is 32.2. The van der Waals surface area contributed by atoms with Gasteiger partial charge in [-0.2, -0.15) is 5.26 Å². The van der Waals surface area contributed by atoms with Crippen LogP contribution in [0.2, 0.25) is 0 Å². The zero-order chi connectivity index (χ0) is 21.6. The number of nitriles is 1. The molecular weight excluding hydrogens is 402 g/mol. The summed E-state index contributed by atoms with van der Waals surface area (Å²) in [6.07, 6.45) is 6.60. The molecule has 0 bridgehead atoms. The summed E-state index contributed by atoms with van der Waals surface area (Å²) >= 11 is 0. The summed E-state index contributed by atoms with van der Waals surface area (Å²) in [6, 6.07) is 14.9. The number of rotatable bonds is 8. The predicted octanol–water partition coefficient (Wildman–Crippen LogP) is 2.55. The van der Waals surface area contributed by atoms with Gasteiger partial charge in [0.15, 0.2) is 0 Å². The normalized spacial score (nSPS) is 20.4. The minimum absolute atomic E-state index is 0.0187. The first-order chi connectivity index (χ1) is 14.4. The summed E-state index contributed by atoms with van der Waals surface area (Å²) < 4.78 is 33.1. The van der Waals surface area contributed by atoms with Crippen LogP contribution in [-0.2, 0) is 14.8 Å². The Balaban J connectivity index is 1.64. The second-order valence-electron chi connectivity index (χ2n) is 7.74. The Kier molecular flexibility index (Phi) is 7.43. The molecule has 1 N–H and O–H groups in total. The van der Waals surface area contributed by atoms with E-state index in [1.54, 1.807) is 12.3 Å². The van der Waals surface area contributed by atoms with E-state index in [0.717, 1.165) is 31.9 Å². The van der Waals surface area contributed by atoms with Crippen LogP contribution in [0.3, 0.4) is 0 Å². The minimum atomic E-state index is -3.42. The zero-order valence-electron chi connectivity index (χ0n) is 17.0. The van der Waals surface area contributed by atoms with Crippen LogP contribution >= 0.6 is 0 Å². The predicted molar refractivity (Wildman–Crippen MR) is 115 cm³/mol. The molecule has 30 heavy (non-hydrogen) atoms. The first kappa shape index (κ1) is 22.2. The standard InChI is InChI=1S/C22H27N3O4S/c1-30(27,28)24-15-20(25-13-5-8-19(14-23)22(25)26)16-29-21-11-9-18(10-12-21)17-6-3-2-4-7-17/h2-8,13,18,20-21,24H,9-12,15-16H2,1H3/t18-,20?,21+. The van der Waals surface area contributed by atoms with Crippen LogP contribution in [-0.4, -0.2) is 38.5 Å². The number of hydrogen-bond donors (Lipinski definition) is 1. The summed E-state index contributed by atoms with van der Waals surface area (Å²) in [5.74, 6) is 0.531. The molecule has 1 fully saturated rings. The molecule has 1 unspecified atom stereocenters. The third-order valence-corrected chi connectivity index (χ3v) is 6.23. The van der Waals surface area contributed by atoms with Crippen molar-refractivity contribution < 1.29 is 13.2 Å². The average molecular weight is 430 g/mol. The minimum Gasteiger partial charge on any atom is -0.376 e. The summed E-state index contributed by atoms with van der Waals surface area (Å²) in [5, 5.41) is 9.13. The number of benzene rings is 1. The van der Waals surface area contributed by atoms with Gasteiger partial charge in [0, 0.05) is 12.7 Å². The molecule has 3 rings (SSSR count). The molecular formula is C22H27N3O4S. The Morgan fingerprint density at radius 3 is 2.50 bits per heavy atom. The van der Waals surface area contributed by atoms with Gasteiger partial charge in [-0.1, -0.05) is 30.3 Å². The van der Waals surface area contributed by atoms with E-state index in [2.05, 4.69) is 29.0 Å². The van der Waals surface area contributed by atoms with Crippen LogP contribution in [0.5, 0.6) is 0 Å². The number of nitrogens with zero attached hydrogens (tertiary/aromatic N) is 2. The van der Waals surface area contributed by atoms with Gasteiger partial charge in [-0.15, -0.1) is 0 Å². The number of pyridine rings is 1. The van der Waals surface area contributed by atoms with Crippen molar-refractivity contribution >= 4 is 10.0 Å². The first-order valence-electron chi connectivity index (χ1n) is 10.1. The molecule has 1 atom stereocenters. The summed E-state index contributed by atoms with van der Waals surface area (Å²) in [4.78, 5) is 12.5. The highest BCUT2D eigenvalue weighted by Crippen LogP contribution is 2.34. The quantitative estimate of drug-likeness (QED) is 0.695. The van der Waals surface area contributed by atoms with Gasteiger partial charge in [0.1, 0.15) is 11.6 Å². The molecule has 1 heterocycles. The summed E-state index contributed by atoms with van der Waals surface area (Å²) in [5.41, 5.74) is 0.924. The monoisotopic (exact) mass is 429 g/mol. The number of hydrogen-bond acceptors (Lipinski definition) is 5. The molecule has 0 aliphatic heterocycles. The smallest absolute Gasteiger partial charge is 0.268 e. The maximum absolute atomic E-state index is 12.5. The molecule has 1 aliphatic rings. The molecule has 7 nitrogen and oxygen atoms in total. The van der Waals surface area contributed by atoms with Gasteiger partial charge in [0.2, 0.25) is 10.0 Å².